The topological polar surface area (TPSA) is 78.6 Å². The number of hydrogen-bond donors (Lipinski definition) is 2. The van der Waals surface area contributed by atoms with E-state index in [-0.39, 0.29) is 36.1 Å². The Labute approximate surface area is 101 Å². The summed E-state index contributed by atoms with van der Waals surface area (Å²) in [5, 5.41) is 15.2. The second-order valence-corrected chi connectivity index (χ2v) is 4.30. The van der Waals surface area contributed by atoms with Crippen LogP contribution in [0.5, 0.6) is 0 Å². The van der Waals surface area contributed by atoms with Crippen molar-refractivity contribution in [1.82, 2.24) is 15.4 Å². The first-order chi connectivity index (χ1) is 7.95. The fourth-order valence-electron chi connectivity index (χ4n) is 1.34. The molecule has 0 aliphatic heterocycles. The first kappa shape index (κ1) is 13.7. The third-order valence-electron chi connectivity index (χ3n) is 2.84. The molecule has 0 saturated carbocycles. The lowest BCUT2D eigenvalue weighted by molar-refractivity contribution is 0.0910. The quantitative estimate of drug-likeness (QED) is 0.771. The van der Waals surface area contributed by atoms with Crippen LogP contribution in [0.4, 0.5) is 0 Å². The Morgan fingerprint density at radius 2 is 2.24 bits per heavy atom. The van der Waals surface area contributed by atoms with Crippen LogP contribution in [-0.2, 0) is 6.61 Å². The van der Waals surface area contributed by atoms with Crippen molar-refractivity contribution < 1.29 is 14.4 Å². The highest BCUT2D eigenvalue weighted by atomic mass is 16.5. The fraction of sp³-hybridized carbons (Fsp3) is 0.636. The number of carbonyl (C=O) groups excluding carboxylic acids is 1. The molecule has 2 N–H and O–H groups in total. The zero-order valence-corrected chi connectivity index (χ0v) is 10.6. The van der Waals surface area contributed by atoms with Crippen LogP contribution in [0.2, 0.25) is 0 Å². The van der Waals surface area contributed by atoms with E-state index in [0.717, 1.165) is 0 Å². The molecule has 1 aromatic heterocycles. The van der Waals surface area contributed by atoms with Gasteiger partial charge in [-0.05, 0) is 27.9 Å². The van der Waals surface area contributed by atoms with Gasteiger partial charge in [0.05, 0.1) is 0 Å². The second-order valence-electron chi connectivity index (χ2n) is 4.30. The van der Waals surface area contributed by atoms with Gasteiger partial charge in [0.2, 0.25) is 0 Å². The van der Waals surface area contributed by atoms with Gasteiger partial charge in [-0.25, -0.2) is 0 Å². The van der Waals surface area contributed by atoms with Crippen molar-refractivity contribution in [2.45, 2.75) is 32.5 Å². The van der Waals surface area contributed by atoms with E-state index in [4.69, 9.17) is 9.63 Å². The van der Waals surface area contributed by atoms with Gasteiger partial charge in [-0.15, -0.1) is 0 Å². The SMILES string of the molecule is CC(NC(=O)c1cc(CO)on1)C(C)N(C)C. The fourth-order valence-corrected chi connectivity index (χ4v) is 1.34. The number of nitrogens with one attached hydrogen (secondary N) is 1. The van der Waals surface area contributed by atoms with Gasteiger partial charge in [0, 0.05) is 18.2 Å². The molecule has 2 unspecified atom stereocenters. The number of aliphatic hydroxyl groups is 1. The smallest absolute Gasteiger partial charge is 0.273 e. The maximum atomic E-state index is 11.8. The molecule has 0 bridgehead atoms. The van der Waals surface area contributed by atoms with Crippen LogP contribution in [0.1, 0.15) is 30.1 Å². The molecule has 0 aromatic carbocycles. The molecule has 0 saturated heterocycles. The Morgan fingerprint density at radius 1 is 1.59 bits per heavy atom. The van der Waals surface area contributed by atoms with Crippen LogP contribution >= 0.6 is 0 Å². The first-order valence-electron chi connectivity index (χ1n) is 5.49. The highest BCUT2D eigenvalue weighted by molar-refractivity contribution is 5.92. The van der Waals surface area contributed by atoms with Gasteiger partial charge in [0.1, 0.15) is 6.61 Å². The molecule has 0 aliphatic carbocycles. The molecule has 0 aliphatic rings. The summed E-state index contributed by atoms with van der Waals surface area (Å²) in [4.78, 5) is 13.8. The molecular weight excluding hydrogens is 222 g/mol. The Kier molecular flexibility index (Phi) is 4.65. The van der Waals surface area contributed by atoms with Crippen LogP contribution in [-0.4, -0.2) is 47.2 Å². The van der Waals surface area contributed by atoms with Gasteiger partial charge in [-0.3, -0.25) is 4.79 Å². The lowest BCUT2D eigenvalue weighted by Gasteiger charge is -2.26. The number of aromatic nitrogens is 1. The molecule has 0 spiro atoms. The van der Waals surface area contributed by atoms with Gasteiger partial charge in [-0.2, -0.15) is 0 Å². The predicted octanol–water partition coefficient (Wildman–Crippen LogP) is 0.235. The number of amides is 1. The van der Waals surface area contributed by atoms with Crippen LogP contribution in [0.25, 0.3) is 0 Å². The number of carbonyl (C=O) groups is 1. The molecule has 1 amide bonds. The molecule has 0 fully saturated rings. The Balaban J connectivity index is 2.60. The minimum absolute atomic E-state index is 0.00761. The van der Waals surface area contributed by atoms with Crippen LogP contribution in [0, 0.1) is 0 Å². The molecule has 6 heteroatoms. The lowest BCUT2D eigenvalue weighted by Crippen LogP contribution is -2.46. The molecule has 17 heavy (non-hydrogen) atoms. The third-order valence-corrected chi connectivity index (χ3v) is 2.84. The van der Waals surface area contributed by atoms with Gasteiger partial charge in [0.15, 0.2) is 11.5 Å². The van der Waals surface area contributed by atoms with E-state index in [0.29, 0.717) is 0 Å². The van der Waals surface area contributed by atoms with E-state index in [1.807, 2.05) is 32.8 Å². The maximum Gasteiger partial charge on any atom is 0.273 e. The van der Waals surface area contributed by atoms with Gasteiger partial charge in [0.25, 0.3) is 5.91 Å². The number of likely N-dealkylation sites (N-methyl/N-ethyl adjacent to an activating group) is 1. The molecule has 1 aromatic rings. The number of rotatable bonds is 5. The Morgan fingerprint density at radius 3 is 2.71 bits per heavy atom. The summed E-state index contributed by atoms with van der Waals surface area (Å²) in [6, 6.07) is 1.64. The predicted molar refractivity (Wildman–Crippen MR) is 62.5 cm³/mol. The zero-order chi connectivity index (χ0) is 13.0. The van der Waals surface area contributed by atoms with Crippen molar-refractivity contribution in [3.8, 4) is 0 Å². The first-order valence-corrected chi connectivity index (χ1v) is 5.49. The highest BCUT2D eigenvalue weighted by Crippen LogP contribution is 2.05. The molecule has 6 nitrogen and oxygen atoms in total. The average Bonchev–Trinajstić information content (AvgIpc) is 2.76. The monoisotopic (exact) mass is 241 g/mol. The van der Waals surface area contributed by atoms with Crippen molar-refractivity contribution in [3.05, 3.63) is 17.5 Å². The van der Waals surface area contributed by atoms with Crippen molar-refractivity contribution in [2.24, 2.45) is 0 Å². The highest BCUT2D eigenvalue weighted by Gasteiger charge is 2.19. The molecule has 1 heterocycles. The summed E-state index contributed by atoms with van der Waals surface area (Å²) in [6.07, 6.45) is 0. The normalized spacial score (nSPS) is 14.7. The van der Waals surface area contributed by atoms with Gasteiger partial charge >= 0.3 is 0 Å². The van der Waals surface area contributed by atoms with Crippen molar-refractivity contribution in [2.75, 3.05) is 14.1 Å². The van der Waals surface area contributed by atoms with Crippen LogP contribution in [0.15, 0.2) is 10.6 Å². The maximum absolute atomic E-state index is 11.8. The van der Waals surface area contributed by atoms with E-state index in [2.05, 4.69) is 10.5 Å². The molecular formula is C11H19N3O3. The summed E-state index contributed by atoms with van der Waals surface area (Å²) >= 11 is 0. The summed E-state index contributed by atoms with van der Waals surface area (Å²) in [5.41, 5.74) is 0.187. The van der Waals surface area contributed by atoms with Crippen LogP contribution in [0.3, 0.4) is 0 Å². The minimum atomic E-state index is -0.297. The second kappa shape index (κ2) is 5.79. The van der Waals surface area contributed by atoms with E-state index in [1.165, 1.54) is 6.07 Å². The van der Waals surface area contributed by atoms with Gasteiger partial charge in [-0.1, -0.05) is 5.16 Å². The summed E-state index contributed by atoms with van der Waals surface area (Å²) < 4.78 is 4.75. The summed E-state index contributed by atoms with van der Waals surface area (Å²) in [7, 11) is 3.90. The van der Waals surface area contributed by atoms with Gasteiger partial charge < -0.3 is 19.8 Å². The van der Waals surface area contributed by atoms with Crippen LogP contribution < -0.4 is 5.32 Å². The third kappa shape index (κ3) is 3.54. The number of nitrogens with zero attached hydrogens (tertiary/aromatic N) is 2. The average molecular weight is 241 g/mol. The molecule has 0 radical (unpaired) electrons. The standard InChI is InChI=1S/C11H19N3O3/c1-7(8(2)14(3)4)12-11(16)10-5-9(6-15)17-13-10/h5,7-8,15H,6H2,1-4H3,(H,12,16). The molecule has 2 atom stereocenters. The zero-order valence-electron chi connectivity index (χ0n) is 10.6. The number of aliphatic hydroxyl groups excluding tert-OH is 1. The van der Waals surface area contributed by atoms with E-state index < -0.39 is 0 Å². The largest absolute Gasteiger partial charge is 0.388 e. The number of hydrogen-bond acceptors (Lipinski definition) is 5. The minimum Gasteiger partial charge on any atom is -0.388 e. The van der Waals surface area contributed by atoms with E-state index >= 15 is 0 Å². The molecule has 1 rings (SSSR count). The van der Waals surface area contributed by atoms with Crippen molar-refractivity contribution >= 4 is 5.91 Å². The molecule has 96 valence electrons. The Bertz CT molecular complexity index is 376. The summed E-state index contributed by atoms with van der Waals surface area (Å²) in [5.74, 6) is -0.0156. The van der Waals surface area contributed by atoms with E-state index in [1.54, 1.807) is 0 Å². The van der Waals surface area contributed by atoms with E-state index in [9.17, 15) is 4.79 Å². The van der Waals surface area contributed by atoms with Crippen molar-refractivity contribution in [3.63, 3.8) is 0 Å². The Hall–Kier alpha value is -1.40. The van der Waals surface area contributed by atoms with Crippen molar-refractivity contribution in [1.29, 1.82) is 0 Å². The lowest BCUT2D eigenvalue weighted by atomic mass is 10.1. The summed E-state index contributed by atoms with van der Waals surface area (Å²) in [6.45, 7) is 3.69.